The maximum atomic E-state index is 9.29. The minimum absolute atomic E-state index is 0.0301. The van der Waals surface area contributed by atoms with Crippen LogP contribution in [0.5, 0.6) is 17.4 Å². The first kappa shape index (κ1) is 7.60. The molecular formula is C8H7NO4. The van der Waals surface area contributed by atoms with Gasteiger partial charge in [0, 0.05) is 0 Å². The molecule has 0 saturated carbocycles. The van der Waals surface area contributed by atoms with Crippen molar-refractivity contribution in [1.29, 1.82) is 0 Å². The molecule has 0 aliphatic rings. The van der Waals surface area contributed by atoms with Gasteiger partial charge in [0.05, 0.1) is 10.9 Å². The fraction of sp³-hybridized carbons (Fsp3) is 0. The van der Waals surface area contributed by atoms with Gasteiger partial charge in [-0.15, -0.1) is 4.73 Å². The van der Waals surface area contributed by atoms with Gasteiger partial charge >= 0.3 is 0 Å². The lowest BCUT2D eigenvalue weighted by atomic mass is 10.2. The van der Waals surface area contributed by atoms with Crippen LogP contribution in [0.15, 0.2) is 18.2 Å². The first-order valence-electron chi connectivity index (χ1n) is 3.56. The van der Waals surface area contributed by atoms with E-state index in [1.807, 2.05) is 0 Å². The van der Waals surface area contributed by atoms with Crippen molar-refractivity contribution in [1.82, 2.24) is 4.73 Å². The van der Waals surface area contributed by atoms with Crippen molar-refractivity contribution in [2.45, 2.75) is 0 Å². The van der Waals surface area contributed by atoms with Gasteiger partial charge in [0.25, 0.3) is 5.88 Å². The minimum Gasteiger partial charge on any atom is -0.507 e. The van der Waals surface area contributed by atoms with Crippen LogP contribution in [0.2, 0.25) is 0 Å². The normalized spacial score (nSPS) is 10.8. The monoisotopic (exact) mass is 181 g/mol. The third-order valence-electron chi connectivity index (χ3n) is 1.90. The highest BCUT2D eigenvalue weighted by Crippen LogP contribution is 2.40. The first-order chi connectivity index (χ1) is 6.13. The fourth-order valence-electron chi connectivity index (χ4n) is 1.27. The molecular weight excluding hydrogens is 174 g/mol. The van der Waals surface area contributed by atoms with Crippen molar-refractivity contribution in [2.24, 2.45) is 0 Å². The van der Waals surface area contributed by atoms with Crippen LogP contribution in [0.25, 0.3) is 10.9 Å². The van der Waals surface area contributed by atoms with E-state index in [1.54, 1.807) is 0 Å². The van der Waals surface area contributed by atoms with Crippen LogP contribution >= 0.6 is 0 Å². The number of phenolic OH excluding ortho intramolecular Hbond substituents is 1. The summed E-state index contributed by atoms with van der Waals surface area (Å²) < 4.78 is 0.407. The van der Waals surface area contributed by atoms with Crippen LogP contribution in [0.1, 0.15) is 0 Å². The van der Waals surface area contributed by atoms with Crippen LogP contribution in [0.4, 0.5) is 0 Å². The summed E-state index contributed by atoms with van der Waals surface area (Å²) in [5.41, 5.74) is 0.148. The zero-order valence-electron chi connectivity index (χ0n) is 6.47. The van der Waals surface area contributed by atoms with Gasteiger partial charge in [-0.1, -0.05) is 6.07 Å². The molecule has 0 amide bonds. The Hall–Kier alpha value is -2.04. The summed E-state index contributed by atoms with van der Waals surface area (Å²) in [6.07, 6.45) is 0. The number of hydrogen-bond acceptors (Lipinski definition) is 4. The van der Waals surface area contributed by atoms with E-state index in [0.29, 0.717) is 4.73 Å². The quantitative estimate of drug-likeness (QED) is 0.456. The predicted octanol–water partition coefficient (Wildman–Crippen LogP) is 0.995. The number of phenols is 1. The highest BCUT2D eigenvalue weighted by molar-refractivity contribution is 5.94. The van der Waals surface area contributed by atoms with E-state index >= 15 is 0 Å². The Morgan fingerprint density at radius 1 is 1.08 bits per heavy atom. The first-order valence-corrected chi connectivity index (χ1v) is 3.56. The average molecular weight is 181 g/mol. The van der Waals surface area contributed by atoms with Crippen molar-refractivity contribution >= 4 is 10.9 Å². The summed E-state index contributed by atoms with van der Waals surface area (Å²) in [5.74, 6) is -1.41. The van der Waals surface area contributed by atoms with Gasteiger partial charge in [-0.3, -0.25) is 0 Å². The van der Waals surface area contributed by atoms with E-state index in [4.69, 9.17) is 5.11 Å². The summed E-state index contributed by atoms with van der Waals surface area (Å²) >= 11 is 0. The lowest BCUT2D eigenvalue weighted by Crippen LogP contribution is -1.86. The number of nitrogens with zero attached hydrogens (tertiary/aromatic N) is 1. The molecule has 0 unspecified atom stereocenters. The second kappa shape index (κ2) is 2.22. The van der Waals surface area contributed by atoms with Gasteiger partial charge in [-0.2, -0.15) is 0 Å². The summed E-state index contributed by atoms with van der Waals surface area (Å²) in [6, 6.07) is 4.29. The van der Waals surface area contributed by atoms with E-state index in [1.165, 1.54) is 18.2 Å². The highest BCUT2D eigenvalue weighted by Gasteiger charge is 2.17. The van der Waals surface area contributed by atoms with Gasteiger partial charge < -0.3 is 20.5 Å². The predicted molar refractivity (Wildman–Crippen MR) is 44.1 cm³/mol. The van der Waals surface area contributed by atoms with Crippen LogP contribution in [0.3, 0.4) is 0 Å². The molecule has 2 aromatic rings. The lowest BCUT2D eigenvalue weighted by Gasteiger charge is -1.94. The maximum Gasteiger partial charge on any atom is 0.269 e. The minimum atomic E-state index is -0.684. The van der Waals surface area contributed by atoms with Crippen molar-refractivity contribution < 1.29 is 20.5 Å². The van der Waals surface area contributed by atoms with Gasteiger partial charge in [-0.05, 0) is 12.1 Å². The SMILES string of the molecule is Oc1cccc2c1c(O)c(O)n2O. The molecule has 2 rings (SSSR count). The van der Waals surface area contributed by atoms with Crippen molar-refractivity contribution in [3.63, 3.8) is 0 Å². The third kappa shape index (κ3) is 0.807. The molecule has 5 heteroatoms. The molecule has 0 fully saturated rings. The van der Waals surface area contributed by atoms with Crippen molar-refractivity contribution in [3.8, 4) is 17.4 Å². The smallest absolute Gasteiger partial charge is 0.269 e. The highest BCUT2D eigenvalue weighted by atomic mass is 16.5. The second-order valence-electron chi connectivity index (χ2n) is 2.66. The summed E-state index contributed by atoms with van der Waals surface area (Å²) in [6.45, 7) is 0. The van der Waals surface area contributed by atoms with Gasteiger partial charge in [0.1, 0.15) is 5.75 Å². The van der Waals surface area contributed by atoms with E-state index in [0.717, 1.165) is 0 Å². The number of benzene rings is 1. The Kier molecular flexibility index (Phi) is 1.30. The van der Waals surface area contributed by atoms with Crippen molar-refractivity contribution in [2.75, 3.05) is 0 Å². The Labute approximate surface area is 72.7 Å². The van der Waals surface area contributed by atoms with E-state index in [9.17, 15) is 15.4 Å². The molecule has 0 spiro atoms. The zero-order valence-corrected chi connectivity index (χ0v) is 6.47. The molecule has 13 heavy (non-hydrogen) atoms. The summed E-state index contributed by atoms with van der Waals surface area (Å²) in [5, 5.41) is 36.9. The Morgan fingerprint density at radius 3 is 2.38 bits per heavy atom. The number of fused-ring (bicyclic) bond motifs is 1. The van der Waals surface area contributed by atoms with Gasteiger partial charge in [-0.25, -0.2) is 0 Å². The molecule has 1 aromatic heterocycles. The maximum absolute atomic E-state index is 9.29. The molecule has 5 nitrogen and oxygen atoms in total. The average Bonchev–Trinajstić information content (AvgIpc) is 2.33. The van der Waals surface area contributed by atoms with Crippen molar-refractivity contribution in [3.05, 3.63) is 18.2 Å². The standard InChI is InChI=1S/C8H7NO4/c10-5-3-1-2-4-6(5)7(11)8(12)9(4)13/h1-3,10-13H. The Bertz CT molecular complexity index is 474. The van der Waals surface area contributed by atoms with Crippen LogP contribution < -0.4 is 0 Å². The largest absolute Gasteiger partial charge is 0.507 e. The van der Waals surface area contributed by atoms with Crippen LogP contribution in [-0.4, -0.2) is 25.3 Å². The molecule has 0 radical (unpaired) electrons. The molecule has 1 aromatic carbocycles. The lowest BCUT2D eigenvalue weighted by molar-refractivity contribution is 0.163. The number of rotatable bonds is 0. The topological polar surface area (TPSA) is 85.9 Å². The number of hydrogen-bond donors (Lipinski definition) is 4. The van der Waals surface area contributed by atoms with Gasteiger partial charge in [0.2, 0.25) is 0 Å². The van der Waals surface area contributed by atoms with E-state index in [2.05, 4.69) is 0 Å². The molecule has 1 heterocycles. The Morgan fingerprint density at radius 2 is 1.77 bits per heavy atom. The number of aromatic nitrogens is 1. The van der Waals surface area contributed by atoms with Gasteiger partial charge in [0.15, 0.2) is 5.75 Å². The van der Waals surface area contributed by atoms with E-state index < -0.39 is 11.6 Å². The molecule has 0 saturated heterocycles. The molecule has 0 bridgehead atoms. The Balaban J connectivity index is 3.03. The zero-order chi connectivity index (χ0) is 9.59. The fourth-order valence-corrected chi connectivity index (χ4v) is 1.27. The van der Waals surface area contributed by atoms with Crippen LogP contribution in [0, 0.1) is 0 Å². The summed E-state index contributed by atoms with van der Waals surface area (Å²) in [4.78, 5) is 0. The molecule has 68 valence electrons. The third-order valence-corrected chi connectivity index (χ3v) is 1.90. The molecule has 4 N–H and O–H groups in total. The molecule has 0 aliphatic heterocycles. The second-order valence-corrected chi connectivity index (χ2v) is 2.66. The summed E-state index contributed by atoms with van der Waals surface area (Å²) in [7, 11) is 0. The van der Waals surface area contributed by atoms with Crippen LogP contribution in [-0.2, 0) is 0 Å². The number of aromatic hydroxyl groups is 3. The molecule has 0 aliphatic carbocycles. The van der Waals surface area contributed by atoms with E-state index in [-0.39, 0.29) is 16.7 Å². The molecule has 0 atom stereocenters.